The van der Waals surface area contributed by atoms with E-state index in [4.69, 9.17) is 11.6 Å². The van der Waals surface area contributed by atoms with E-state index in [9.17, 15) is 8.42 Å². The highest BCUT2D eigenvalue weighted by atomic mass is 79.9. The standard InChI is InChI=1S/C11H15BrClNO2S2/c1-7-3-2-4-8(5-7)14-18(15,16)10-6-9(13)11(12)17-10/h6-8,14H,2-5H2,1H3. The normalized spacial score (nSPS) is 25.3. The van der Waals surface area contributed by atoms with Gasteiger partial charge in [0.05, 0.1) is 8.81 Å². The van der Waals surface area contributed by atoms with Crippen molar-refractivity contribution >= 4 is 48.9 Å². The van der Waals surface area contributed by atoms with Crippen molar-refractivity contribution in [2.45, 2.75) is 42.9 Å². The van der Waals surface area contributed by atoms with Crippen LogP contribution in [0.15, 0.2) is 14.1 Å². The summed E-state index contributed by atoms with van der Waals surface area (Å²) in [6.45, 7) is 2.17. The number of thiophene rings is 1. The molecule has 1 N–H and O–H groups in total. The van der Waals surface area contributed by atoms with Crippen molar-refractivity contribution in [3.63, 3.8) is 0 Å². The topological polar surface area (TPSA) is 46.2 Å². The predicted octanol–water partition coefficient (Wildman–Crippen LogP) is 4.02. The van der Waals surface area contributed by atoms with E-state index in [1.54, 1.807) is 0 Å². The van der Waals surface area contributed by atoms with Gasteiger partial charge in [0.2, 0.25) is 10.0 Å². The quantitative estimate of drug-likeness (QED) is 0.871. The molecule has 1 aromatic heterocycles. The zero-order chi connectivity index (χ0) is 13.3. The van der Waals surface area contributed by atoms with Crippen LogP contribution >= 0.6 is 38.9 Å². The Balaban J connectivity index is 2.12. The predicted molar refractivity (Wildman–Crippen MR) is 78.8 cm³/mol. The van der Waals surface area contributed by atoms with Crippen LogP contribution in [0.1, 0.15) is 32.6 Å². The van der Waals surface area contributed by atoms with Crippen molar-refractivity contribution < 1.29 is 8.42 Å². The number of sulfonamides is 1. The van der Waals surface area contributed by atoms with Crippen molar-refractivity contribution in [1.29, 1.82) is 0 Å². The molecular formula is C11H15BrClNO2S2. The van der Waals surface area contributed by atoms with E-state index in [-0.39, 0.29) is 10.3 Å². The highest BCUT2D eigenvalue weighted by Crippen LogP contribution is 2.35. The van der Waals surface area contributed by atoms with E-state index >= 15 is 0 Å². The Labute approximate surface area is 125 Å². The van der Waals surface area contributed by atoms with Crippen molar-refractivity contribution in [3.05, 3.63) is 14.9 Å². The maximum atomic E-state index is 12.2. The molecule has 1 aliphatic carbocycles. The molecule has 102 valence electrons. The lowest BCUT2D eigenvalue weighted by atomic mass is 9.88. The molecule has 7 heteroatoms. The van der Waals surface area contributed by atoms with Crippen LogP contribution < -0.4 is 4.72 Å². The summed E-state index contributed by atoms with van der Waals surface area (Å²) < 4.78 is 28.1. The average Bonchev–Trinajstić information content (AvgIpc) is 2.59. The summed E-state index contributed by atoms with van der Waals surface area (Å²) in [7, 11) is -3.43. The van der Waals surface area contributed by atoms with E-state index < -0.39 is 10.0 Å². The fourth-order valence-electron chi connectivity index (χ4n) is 2.28. The van der Waals surface area contributed by atoms with Crippen LogP contribution in [0.3, 0.4) is 0 Å². The lowest BCUT2D eigenvalue weighted by Gasteiger charge is -2.26. The zero-order valence-corrected chi connectivity index (χ0v) is 13.9. The Kier molecular flexibility index (Phi) is 4.75. The third kappa shape index (κ3) is 3.48. The Morgan fingerprint density at radius 2 is 2.22 bits per heavy atom. The van der Waals surface area contributed by atoms with Gasteiger partial charge in [0, 0.05) is 6.04 Å². The molecule has 18 heavy (non-hydrogen) atoms. The summed E-state index contributed by atoms with van der Waals surface area (Å²) in [5, 5.41) is 0.442. The molecule has 0 bridgehead atoms. The van der Waals surface area contributed by atoms with Crippen molar-refractivity contribution in [2.24, 2.45) is 5.92 Å². The number of rotatable bonds is 3. The summed E-state index contributed by atoms with van der Waals surface area (Å²) in [5.41, 5.74) is 0. The number of nitrogens with one attached hydrogen (secondary N) is 1. The van der Waals surface area contributed by atoms with E-state index in [1.807, 2.05) is 0 Å². The van der Waals surface area contributed by atoms with Gasteiger partial charge < -0.3 is 0 Å². The van der Waals surface area contributed by atoms with Crippen molar-refractivity contribution in [1.82, 2.24) is 4.72 Å². The van der Waals surface area contributed by atoms with Crippen LogP contribution in [0, 0.1) is 5.92 Å². The molecule has 2 unspecified atom stereocenters. The van der Waals surface area contributed by atoms with Gasteiger partial charge in [0.15, 0.2) is 0 Å². The second kappa shape index (κ2) is 5.79. The molecule has 0 spiro atoms. The first kappa shape index (κ1) is 14.8. The van der Waals surface area contributed by atoms with Gasteiger partial charge in [-0.2, -0.15) is 0 Å². The summed E-state index contributed by atoms with van der Waals surface area (Å²) in [4.78, 5) is 0. The van der Waals surface area contributed by atoms with Crippen LogP contribution in [-0.2, 0) is 10.0 Å². The molecule has 2 rings (SSSR count). The Morgan fingerprint density at radius 3 is 2.78 bits per heavy atom. The average molecular weight is 373 g/mol. The summed E-state index contributed by atoms with van der Waals surface area (Å²) >= 11 is 10.3. The van der Waals surface area contributed by atoms with E-state index in [0.717, 1.165) is 30.6 Å². The molecule has 0 radical (unpaired) electrons. The third-order valence-corrected chi connectivity index (χ3v) is 7.61. The summed E-state index contributed by atoms with van der Waals surface area (Å²) in [5.74, 6) is 0.588. The number of hydrogen-bond donors (Lipinski definition) is 1. The first-order valence-corrected chi connectivity index (χ1v) is 9.32. The molecule has 1 saturated carbocycles. The second-order valence-corrected chi connectivity index (χ2v) is 9.50. The highest BCUT2D eigenvalue weighted by Gasteiger charge is 2.26. The van der Waals surface area contributed by atoms with E-state index in [2.05, 4.69) is 27.6 Å². The maximum Gasteiger partial charge on any atom is 0.250 e. The zero-order valence-electron chi connectivity index (χ0n) is 9.95. The minimum Gasteiger partial charge on any atom is -0.207 e. The highest BCUT2D eigenvalue weighted by molar-refractivity contribution is 9.11. The smallest absolute Gasteiger partial charge is 0.207 e. The molecule has 0 amide bonds. The van der Waals surface area contributed by atoms with Crippen molar-refractivity contribution in [3.8, 4) is 0 Å². The van der Waals surface area contributed by atoms with Crippen LogP contribution in [0.4, 0.5) is 0 Å². The summed E-state index contributed by atoms with van der Waals surface area (Å²) in [6, 6.07) is 1.55. The molecule has 1 aliphatic rings. The van der Waals surface area contributed by atoms with Gasteiger partial charge in [-0.3, -0.25) is 0 Å². The minimum atomic E-state index is -3.43. The molecule has 0 aliphatic heterocycles. The van der Waals surface area contributed by atoms with Gasteiger partial charge in [0.1, 0.15) is 4.21 Å². The van der Waals surface area contributed by atoms with Crippen LogP contribution in [0.25, 0.3) is 0 Å². The lowest BCUT2D eigenvalue weighted by molar-refractivity contribution is 0.327. The van der Waals surface area contributed by atoms with Crippen LogP contribution in [0.5, 0.6) is 0 Å². The first-order valence-electron chi connectivity index (χ1n) is 5.85. The van der Waals surface area contributed by atoms with E-state index in [0.29, 0.717) is 14.7 Å². The van der Waals surface area contributed by atoms with Crippen molar-refractivity contribution in [2.75, 3.05) is 0 Å². The van der Waals surface area contributed by atoms with E-state index in [1.165, 1.54) is 12.5 Å². The van der Waals surface area contributed by atoms with Gasteiger partial charge >= 0.3 is 0 Å². The molecule has 0 saturated heterocycles. The molecule has 1 aromatic rings. The first-order chi connectivity index (χ1) is 8.38. The van der Waals surface area contributed by atoms with Gasteiger partial charge in [-0.1, -0.05) is 31.4 Å². The van der Waals surface area contributed by atoms with Gasteiger partial charge in [0.25, 0.3) is 0 Å². The summed E-state index contributed by atoms with van der Waals surface area (Å²) in [6.07, 6.45) is 4.11. The fraction of sp³-hybridized carbons (Fsp3) is 0.636. The third-order valence-electron chi connectivity index (χ3n) is 3.15. The van der Waals surface area contributed by atoms with Gasteiger partial charge in [-0.25, -0.2) is 13.1 Å². The molecule has 0 aromatic carbocycles. The van der Waals surface area contributed by atoms with Crippen LogP contribution in [0.2, 0.25) is 5.02 Å². The lowest BCUT2D eigenvalue weighted by Crippen LogP contribution is -2.37. The largest absolute Gasteiger partial charge is 0.250 e. The Hall–Kier alpha value is 0.380. The van der Waals surface area contributed by atoms with Gasteiger partial charge in [-0.05, 0) is 40.8 Å². The molecular weight excluding hydrogens is 358 g/mol. The molecule has 1 heterocycles. The van der Waals surface area contributed by atoms with Crippen LogP contribution in [-0.4, -0.2) is 14.5 Å². The molecule has 2 atom stereocenters. The van der Waals surface area contributed by atoms with Gasteiger partial charge in [-0.15, -0.1) is 11.3 Å². The molecule has 1 fully saturated rings. The fourth-order valence-corrected chi connectivity index (χ4v) is 5.98. The maximum absolute atomic E-state index is 12.2. The Morgan fingerprint density at radius 1 is 1.50 bits per heavy atom. The number of halogens is 2. The Bertz CT molecular complexity index is 510. The SMILES string of the molecule is CC1CCCC(NS(=O)(=O)c2cc(Cl)c(Br)s2)C1. The monoisotopic (exact) mass is 371 g/mol. The molecule has 3 nitrogen and oxygen atoms in total. The number of hydrogen-bond acceptors (Lipinski definition) is 3. The second-order valence-electron chi connectivity index (χ2n) is 4.78. The minimum absolute atomic E-state index is 0.0541.